The minimum atomic E-state index is 0.919. The molecule has 3 nitrogen and oxygen atoms in total. The third kappa shape index (κ3) is 2.76. The highest BCUT2D eigenvalue weighted by atomic mass is 16.3. The van der Waals surface area contributed by atoms with Crippen molar-refractivity contribution in [2.45, 2.75) is 0 Å². The zero-order valence-corrected chi connectivity index (χ0v) is 21.0. The van der Waals surface area contributed by atoms with Gasteiger partial charge in [0, 0.05) is 43.7 Å². The van der Waals surface area contributed by atoms with Gasteiger partial charge in [-0.2, -0.15) is 0 Å². The van der Waals surface area contributed by atoms with E-state index in [0.717, 1.165) is 33.3 Å². The Hall–Kier alpha value is -5.28. The first-order valence-corrected chi connectivity index (χ1v) is 13.3. The van der Waals surface area contributed by atoms with Crippen molar-refractivity contribution >= 4 is 65.6 Å². The third-order valence-corrected chi connectivity index (χ3v) is 8.09. The second kappa shape index (κ2) is 7.62. The summed E-state index contributed by atoms with van der Waals surface area (Å²) in [6.07, 6.45) is 0. The van der Waals surface area contributed by atoms with Gasteiger partial charge in [-0.1, -0.05) is 78.9 Å². The smallest absolute Gasteiger partial charge is 0.136 e. The molecule has 0 atom stereocenters. The first-order valence-electron chi connectivity index (χ1n) is 13.3. The molecule has 3 heteroatoms. The van der Waals surface area contributed by atoms with E-state index in [-0.39, 0.29) is 0 Å². The van der Waals surface area contributed by atoms with Crippen LogP contribution in [0.25, 0.3) is 76.9 Å². The summed E-state index contributed by atoms with van der Waals surface area (Å²) in [5.74, 6) is 0. The highest BCUT2D eigenvalue weighted by molar-refractivity contribution is 6.27. The van der Waals surface area contributed by atoms with E-state index >= 15 is 0 Å². The Kier molecular flexibility index (Phi) is 4.05. The minimum absolute atomic E-state index is 0.919. The monoisotopic (exact) mass is 498 g/mol. The summed E-state index contributed by atoms with van der Waals surface area (Å²) in [5.41, 5.74) is 8.95. The van der Waals surface area contributed by atoms with Gasteiger partial charge >= 0.3 is 0 Å². The first kappa shape index (κ1) is 20.7. The number of aromatic nitrogens is 2. The molecule has 3 aromatic heterocycles. The van der Waals surface area contributed by atoms with Crippen molar-refractivity contribution in [1.82, 2.24) is 9.13 Å². The maximum Gasteiger partial charge on any atom is 0.136 e. The van der Waals surface area contributed by atoms with Gasteiger partial charge < -0.3 is 13.6 Å². The van der Waals surface area contributed by atoms with Crippen LogP contribution in [0.2, 0.25) is 0 Å². The average Bonchev–Trinajstić information content (AvgIpc) is 3.64. The minimum Gasteiger partial charge on any atom is -0.456 e. The lowest BCUT2D eigenvalue weighted by molar-refractivity contribution is 0.669. The molecule has 9 aromatic rings. The molecule has 39 heavy (non-hydrogen) atoms. The Morgan fingerprint density at radius 3 is 1.85 bits per heavy atom. The van der Waals surface area contributed by atoms with E-state index in [1.807, 2.05) is 12.1 Å². The molecule has 9 rings (SSSR count). The lowest BCUT2D eigenvalue weighted by atomic mass is 10.1. The van der Waals surface area contributed by atoms with Crippen molar-refractivity contribution in [2.24, 2.45) is 0 Å². The Labute approximate surface area is 223 Å². The molecule has 0 saturated heterocycles. The van der Waals surface area contributed by atoms with Gasteiger partial charge in [0.25, 0.3) is 0 Å². The highest BCUT2D eigenvalue weighted by Gasteiger charge is 2.22. The number of furan rings is 1. The first-order chi connectivity index (χ1) is 19.4. The van der Waals surface area contributed by atoms with Gasteiger partial charge in [-0.05, 0) is 54.6 Å². The van der Waals surface area contributed by atoms with Crippen molar-refractivity contribution in [3.63, 3.8) is 0 Å². The van der Waals surface area contributed by atoms with Gasteiger partial charge in [-0.25, -0.2) is 0 Å². The molecular weight excluding hydrogens is 476 g/mol. The average molecular weight is 499 g/mol. The van der Waals surface area contributed by atoms with Crippen molar-refractivity contribution in [2.75, 3.05) is 0 Å². The van der Waals surface area contributed by atoms with Crippen LogP contribution in [-0.2, 0) is 0 Å². The Bertz CT molecular complexity index is 2370. The van der Waals surface area contributed by atoms with Crippen LogP contribution < -0.4 is 0 Å². The standard InChI is InChI=1S/C36H22N2O/c1-3-11-23(12-4-1)37-30-17-9-7-16-27(30)35-31(37)20-19-26-28-22-34-29(25-15-8-10-18-33(25)39-34)21-32(28)38(36(26)35)24-13-5-2-6-14-24/h1-22H. The SMILES string of the molecule is c1ccc(-n2c3ccccc3c3c2ccc2c4cc5oc6ccccc6c5cc4n(-c4ccccc4)c23)cc1. The number of hydrogen-bond donors (Lipinski definition) is 0. The Morgan fingerprint density at radius 1 is 0.385 bits per heavy atom. The van der Waals surface area contributed by atoms with Gasteiger partial charge in [0.05, 0.1) is 22.1 Å². The number of rotatable bonds is 2. The van der Waals surface area contributed by atoms with Crippen LogP contribution in [0.15, 0.2) is 138 Å². The molecule has 0 unspecified atom stereocenters. The lowest BCUT2D eigenvalue weighted by Crippen LogP contribution is -1.95. The zero-order valence-electron chi connectivity index (χ0n) is 21.0. The summed E-state index contributed by atoms with van der Waals surface area (Å²) in [6.45, 7) is 0. The summed E-state index contributed by atoms with van der Waals surface area (Å²) in [4.78, 5) is 0. The Balaban J connectivity index is 1.54. The van der Waals surface area contributed by atoms with Crippen molar-refractivity contribution in [1.29, 1.82) is 0 Å². The van der Waals surface area contributed by atoms with Crippen LogP contribution in [0.1, 0.15) is 0 Å². The third-order valence-electron chi connectivity index (χ3n) is 8.09. The number of nitrogens with zero attached hydrogens (tertiary/aromatic N) is 2. The Morgan fingerprint density at radius 2 is 1.05 bits per heavy atom. The van der Waals surface area contributed by atoms with E-state index in [0.29, 0.717) is 0 Å². The second-order valence-electron chi connectivity index (χ2n) is 10.2. The lowest BCUT2D eigenvalue weighted by Gasteiger charge is -2.10. The fourth-order valence-corrected chi connectivity index (χ4v) is 6.47. The summed E-state index contributed by atoms with van der Waals surface area (Å²) in [6, 6.07) is 47.5. The van der Waals surface area contributed by atoms with E-state index in [2.05, 4.69) is 130 Å². The molecule has 0 N–H and O–H groups in total. The molecule has 0 aliphatic heterocycles. The predicted octanol–water partition coefficient (Wildman–Crippen LogP) is 9.78. The van der Waals surface area contributed by atoms with Gasteiger partial charge in [0.2, 0.25) is 0 Å². The van der Waals surface area contributed by atoms with Crippen molar-refractivity contribution in [3.05, 3.63) is 133 Å². The largest absolute Gasteiger partial charge is 0.456 e. The van der Waals surface area contributed by atoms with E-state index in [9.17, 15) is 0 Å². The predicted molar refractivity (Wildman–Crippen MR) is 162 cm³/mol. The molecular formula is C36H22N2O. The topological polar surface area (TPSA) is 23.0 Å². The summed E-state index contributed by atoms with van der Waals surface area (Å²) < 4.78 is 11.2. The van der Waals surface area contributed by atoms with E-state index in [4.69, 9.17) is 4.42 Å². The van der Waals surface area contributed by atoms with Crippen molar-refractivity contribution < 1.29 is 4.42 Å². The van der Waals surface area contributed by atoms with Crippen LogP contribution >= 0.6 is 0 Å². The molecule has 6 aromatic carbocycles. The molecule has 0 fully saturated rings. The molecule has 0 saturated carbocycles. The van der Waals surface area contributed by atoms with E-state index in [1.165, 1.54) is 43.6 Å². The quantitative estimate of drug-likeness (QED) is 0.233. The van der Waals surface area contributed by atoms with Gasteiger partial charge in [-0.15, -0.1) is 0 Å². The maximum atomic E-state index is 6.33. The molecule has 3 heterocycles. The molecule has 0 bridgehead atoms. The second-order valence-corrected chi connectivity index (χ2v) is 10.2. The van der Waals surface area contributed by atoms with Gasteiger partial charge in [-0.3, -0.25) is 0 Å². The summed E-state index contributed by atoms with van der Waals surface area (Å²) >= 11 is 0. The van der Waals surface area contributed by atoms with Crippen molar-refractivity contribution in [3.8, 4) is 11.4 Å². The molecule has 182 valence electrons. The van der Waals surface area contributed by atoms with Gasteiger partial charge in [0.1, 0.15) is 11.2 Å². The molecule has 0 amide bonds. The normalized spacial score (nSPS) is 12.1. The van der Waals surface area contributed by atoms with Crippen LogP contribution in [-0.4, -0.2) is 9.13 Å². The summed E-state index contributed by atoms with van der Waals surface area (Å²) in [7, 11) is 0. The number of fused-ring (bicyclic) bond motifs is 10. The zero-order chi connectivity index (χ0) is 25.5. The van der Waals surface area contributed by atoms with Crippen LogP contribution in [0, 0.1) is 0 Å². The molecule has 0 aliphatic carbocycles. The summed E-state index contributed by atoms with van der Waals surface area (Å²) in [5, 5.41) is 7.20. The molecule has 0 spiro atoms. The highest BCUT2D eigenvalue weighted by Crippen LogP contribution is 2.43. The number of para-hydroxylation sites is 4. The number of benzene rings is 6. The van der Waals surface area contributed by atoms with E-state index < -0.39 is 0 Å². The van der Waals surface area contributed by atoms with Crippen LogP contribution in [0.3, 0.4) is 0 Å². The maximum absolute atomic E-state index is 6.33. The fraction of sp³-hybridized carbons (Fsp3) is 0. The molecule has 0 radical (unpaired) electrons. The van der Waals surface area contributed by atoms with E-state index in [1.54, 1.807) is 0 Å². The molecule has 0 aliphatic rings. The van der Waals surface area contributed by atoms with Crippen LogP contribution in [0.5, 0.6) is 0 Å². The fourth-order valence-electron chi connectivity index (χ4n) is 6.47. The number of hydrogen-bond acceptors (Lipinski definition) is 1. The van der Waals surface area contributed by atoms with Crippen LogP contribution in [0.4, 0.5) is 0 Å². The van der Waals surface area contributed by atoms with Gasteiger partial charge in [0.15, 0.2) is 0 Å².